The number of hydrogen-bond donors (Lipinski definition) is 2. The van der Waals surface area contributed by atoms with Crippen LogP contribution in [0.15, 0.2) is 53.5 Å². The zero-order valence-corrected chi connectivity index (χ0v) is 17.4. The number of rotatable bonds is 5. The van der Waals surface area contributed by atoms with Gasteiger partial charge in [-0.15, -0.1) is 0 Å². The van der Waals surface area contributed by atoms with Crippen molar-refractivity contribution in [3.05, 3.63) is 54.1 Å². The number of amidine groups is 1. The molecule has 2 aliphatic rings. The molecule has 0 bridgehead atoms. The summed E-state index contributed by atoms with van der Waals surface area (Å²) in [5, 5.41) is 6.78. The minimum Gasteiger partial charge on any atom is -0.494 e. The van der Waals surface area contributed by atoms with Gasteiger partial charge in [-0.3, -0.25) is 9.79 Å². The van der Waals surface area contributed by atoms with Crippen molar-refractivity contribution in [1.82, 2.24) is 0 Å². The number of fused-ring (bicyclic) bond motifs is 1. The van der Waals surface area contributed by atoms with Gasteiger partial charge in [-0.1, -0.05) is 11.8 Å². The van der Waals surface area contributed by atoms with E-state index in [1.807, 2.05) is 19.1 Å². The Labute approximate surface area is 173 Å². The van der Waals surface area contributed by atoms with Crippen molar-refractivity contribution in [1.29, 1.82) is 0 Å². The summed E-state index contributed by atoms with van der Waals surface area (Å²) in [6.07, 6.45) is 0. The maximum atomic E-state index is 12.4. The van der Waals surface area contributed by atoms with E-state index in [2.05, 4.69) is 15.6 Å². The molecule has 1 fully saturated rings. The van der Waals surface area contributed by atoms with E-state index in [9.17, 15) is 13.2 Å². The average Bonchev–Trinajstić information content (AvgIpc) is 3.16. The van der Waals surface area contributed by atoms with E-state index in [1.54, 1.807) is 36.4 Å². The van der Waals surface area contributed by atoms with Crippen molar-refractivity contribution in [2.24, 2.45) is 4.99 Å². The number of amides is 1. The van der Waals surface area contributed by atoms with Gasteiger partial charge >= 0.3 is 0 Å². The third-order valence-corrected chi connectivity index (χ3v) is 7.78. The van der Waals surface area contributed by atoms with Crippen LogP contribution in [0, 0.1) is 0 Å². The van der Waals surface area contributed by atoms with Crippen LogP contribution in [0.4, 0.5) is 11.4 Å². The predicted octanol–water partition coefficient (Wildman–Crippen LogP) is 3.02. The fraction of sp³-hybridized carbons (Fsp3) is 0.300. The minimum absolute atomic E-state index is 0.00154. The first-order valence-electron chi connectivity index (χ1n) is 9.28. The van der Waals surface area contributed by atoms with Gasteiger partial charge in [0.2, 0.25) is 0 Å². The van der Waals surface area contributed by atoms with Gasteiger partial charge in [0.05, 0.1) is 24.2 Å². The number of benzene rings is 2. The zero-order valence-electron chi connectivity index (χ0n) is 15.8. The Hall–Kier alpha value is -2.52. The van der Waals surface area contributed by atoms with Crippen molar-refractivity contribution in [3.8, 4) is 5.75 Å². The van der Waals surface area contributed by atoms with Crippen molar-refractivity contribution < 1.29 is 17.9 Å². The van der Waals surface area contributed by atoms with Gasteiger partial charge in [0.1, 0.15) is 5.75 Å². The van der Waals surface area contributed by atoms with Crippen LogP contribution in [0.5, 0.6) is 5.75 Å². The summed E-state index contributed by atoms with van der Waals surface area (Å²) >= 11 is 1.47. The second kappa shape index (κ2) is 8.08. The molecule has 29 heavy (non-hydrogen) atoms. The van der Waals surface area contributed by atoms with E-state index >= 15 is 0 Å². The molecule has 2 aromatic rings. The van der Waals surface area contributed by atoms with Gasteiger partial charge in [0.25, 0.3) is 5.91 Å². The number of hydrogen-bond acceptors (Lipinski definition) is 7. The van der Waals surface area contributed by atoms with Gasteiger partial charge in [0, 0.05) is 22.2 Å². The van der Waals surface area contributed by atoms with E-state index in [0.29, 0.717) is 17.9 Å². The maximum Gasteiger partial charge on any atom is 0.255 e. The largest absolute Gasteiger partial charge is 0.494 e. The second-order valence-corrected chi connectivity index (χ2v) is 10.2. The molecule has 0 saturated carbocycles. The zero-order chi connectivity index (χ0) is 20.4. The molecular formula is C20H21N3O4S2. The molecule has 0 aromatic heterocycles. The minimum atomic E-state index is -2.96. The fourth-order valence-electron chi connectivity index (χ4n) is 3.25. The van der Waals surface area contributed by atoms with Crippen molar-refractivity contribution in [3.63, 3.8) is 0 Å². The summed E-state index contributed by atoms with van der Waals surface area (Å²) in [5.41, 5.74) is 2.03. The van der Waals surface area contributed by atoms with Crippen LogP contribution in [-0.2, 0) is 9.84 Å². The van der Waals surface area contributed by atoms with Crippen LogP contribution in [0.2, 0.25) is 0 Å². The average molecular weight is 432 g/mol. The molecule has 1 saturated heterocycles. The first kappa shape index (κ1) is 19.8. The molecule has 152 valence electrons. The van der Waals surface area contributed by atoms with Crippen LogP contribution >= 0.6 is 11.8 Å². The van der Waals surface area contributed by atoms with Crippen LogP contribution < -0.4 is 15.4 Å². The van der Waals surface area contributed by atoms with Gasteiger partial charge in [-0.05, 0) is 55.5 Å². The van der Waals surface area contributed by atoms with Gasteiger partial charge in [0.15, 0.2) is 15.0 Å². The van der Waals surface area contributed by atoms with Crippen LogP contribution in [-0.4, -0.2) is 48.9 Å². The van der Waals surface area contributed by atoms with Gasteiger partial charge < -0.3 is 15.4 Å². The lowest BCUT2D eigenvalue weighted by Crippen LogP contribution is -2.13. The molecule has 2 unspecified atom stereocenters. The lowest BCUT2D eigenvalue weighted by Gasteiger charge is -2.09. The SMILES string of the molecule is CCOc1ccc(NC(=O)c2ccc(NC3=NC4CS(=O)(=O)CC4S3)cc2)cc1. The number of ether oxygens (including phenoxy) is 1. The van der Waals surface area contributed by atoms with Crippen molar-refractivity contribution in [2.45, 2.75) is 18.2 Å². The smallest absolute Gasteiger partial charge is 0.255 e. The molecule has 2 aliphatic heterocycles. The summed E-state index contributed by atoms with van der Waals surface area (Å²) in [6, 6.07) is 14.1. The van der Waals surface area contributed by atoms with Crippen LogP contribution in [0.3, 0.4) is 0 Å². The monoisotopic (exact) mass is 431 g/mol. The maximum absolute atomic E-state index is 12.4. The lowest BCUT2D eigenvalue weighted by atomic mass is 10.2. The molecule has 4 rings (SSSR count). The van der Waals surface area contributed by atoms with E-state index < -0.39 is 9.84 Å². The quantitative estimate of drug-likeness (QED) is 0.755. The fourth-order valence-corrected chi connectivity index (χ4v) is 6.92. The molecular weight excluding hydrogens is 410 g/mol. The highest BCUT2D eigenvalue weighted by molar-refractivity contribution is 8.15. The Bertz CT molecular complexity index is 1030. The molecule has 2 heterocycles. The number of carbonyl (C=O) groups is 1. The summed E-state index contributed by atoms with van der Waals surface area (Å²) in [4.78, 5) is 16.9. The van der Waals surface area contributed by atoms with Crippen LogP contribution in [0.25, 0.3) is 0 Å². The summed E-state index contributed by atoms with van der Waals surface area (Å²) in [5.74, 6) is 0.866. The van der Waals surface area contributed by atoms with Crippen molar-refractivity contribution >= 4 is 44.0 Å². The van der Waals surface area contributed by atoms with Crippen LogP contribution in [0.1, 0.15) is 17.3 Å². The predicted molar refractivity (Wildman–Crippen MR) is 117 cm³/mol. The van der Waals surface area contributed by atoms with Gasteiger partial charge in [-0.25, -0.2) is 8.42 Å². The molecule has 2 aromatic carbocycles. The third-order valence-electron chi connectivity index (χ3n) is 4.64. The molecule has 1 amide bonds. The van der Waals surface area contributed by atoms with E-state index in [-0.39, 0.29) is 28.7 Å². The summed E-state index contributed by atoms with van der Waals surface area (Å²) in [7, 11) is -2.96. The standard InChI is InChI=1S/C20H21N3O4S2/c1-2-27-16-9-7-14(8-10-16)21-19(24)13-3-5-15(6-4-13)22-20-23-17-11-29(25,26)12-18(17)28-20/h3-10,17-18H,2,11-12H2,1H3,(H,21,24)(H,22,23). The topological polar surface area (TPSA) is 96.9 Å². The van der Waals surface area contributed by atoms with E-state index in [0.717, 1.165) is 16.6 Å². The third kappa shape index (κ3) is 4.73. The molecule has 0 aliphatic carbocycles. The number of nitrogens with zero attached hydrogens (tertiary/aromatic N) is 1. The number of carbonyl (C=O) groups excluding carboxylic acids is 1. The van der Waals surface area contributed by atoms with E-state index in [4.69, 9.17) is 4.74 Å². The summed E-state index contributed by atoms with van der Waals surface area (Å²) in [6.45, 7) is 2.51. The number of thioether (sulfide) groups is 1. The first-order chi connectivity index (χ1) is 13.9. The molecule has 0 spiro atoms. The Morgan fingerprint density at radius 1 is 1.10 bits per heavy atom. The Kier molecular flexibility index (Phi) is 5.51. The summed E-state index contributed by atoms with van der Waals surface area (Å²) < 4.78 is 28.7. The first-order valence-corrected chi connectivity index (χ1v) is 12.0. The highest BCUT2D eigenvalue weighted by atomic mass is 32.2. The number of nitrogens with one attached hydrogen (secondary N) is 2. The Morgan fingerprint density at radius 3 is 2.45 bits per heavy atom. The molecule has 7 nitrogen and oxygen atoms in total. The molecule has 2 N–H and O–H groups in total. The highest BCUT2D eigenvalue weighted by Gasteiger charge is 2.42. The Morgan fingerprint density at radius 2 is 1.79 bits per heavy atom. The van der Waals surface area contributed by atoms with E-state index in [1.165, 1.54) is 11.8 Å². The highest BCUT2D eigenvalue weighted by Crippen LogP contribution is 2.34. The number of aliphatic imine (C=N–C) groups is 1. The van der Waals surface area contributed by atoms with Crippen molar-refractivity contribution in [2.75, 3.05) is 28.7 Å². The molecule has 0 radical (unpaired) electrons. The lowest BCUT2D eigenvalue weighted by molar-refractivity contribution is 0.102. The number of sulfone groups is 1. The van der Waals surface area contributed by atoms with Gasteiger partial charge in [-0.2, -0.15) is 0 Å². The Balaban J connectivity index is 1.35. The number of anilines is 2. The second-order valence-electron chi connectivity index (χ2n) is 6.85. The molecule has 2 atom stereocenters. The molecule has 9 heteroatoms. The normalized spacial score (nSPS) is 21.9.